The van der Waals surface area contributed by atoms with Crippen LogP contribution >= 0.6 is 15.9 Å². The maximum Gasteiger partial charge on any atom is 0.254 e. The van der Waals surface area contributed by atoms with Gasteiger partial charge in [-0.05, 0) is 62.4 Å². The van der Waals surface area contributed by atoms with Crippen LogP contribution in [-0.4, -0.2) is 42.5 Å². The van der Waals surface area contributed by atoms with Gasteiger partial charge in [0.25, 0.3) is 5.91 Å². The van der Waals surface area contributed by atoms with Crippen molar-refractivity contribution in [2.24, 2.45) is 0 Å². The molecule has 2 aromatic rings. The first kappa shape index (κ1) is 18.5. The van der Waals surface area contributed by atoms with E-state index in [1.807, 2.05) is 43.3 Å². The summed E-state index contributed by atoms with van der Waals surface area (Å²) in [6, 6.07) is 14.2. The van der Waals surface area contributed by atoms with Crippen LogP contribution in [-0.2, 0) is 4.79 Å². The maximum atomic E-state index is 12.8. The number of benzene rings is 2. The third-order valence-electron chi connectivity index (χ3n) is 4.47. The molecule has 1 aliphatic heterocycles. The molecule has 5 nitrogen and oxygen atoms in total. The van der Waals surface area contributed by atoms with Crippen molar-refractivity contribution in [1.29, 1.82) is 0 Å². The summed E-state index contributed by atoms with van der Waals surface area (Å²) in [6.07, 6.45) is 0. The van der Waals surface area contributed by atoms with Gasteiger partial charge in [0, 0.05) is 28.8 Å². The van der Waals surface area contributed by atoms with Crippen LogP contribution < -0.4 is 9.64 Å². The fourth-order valence-corrected chi connectivity index (χ4v) is 3.32. The third-order valence-corrected chi connectivity index (χ3v) is 5.00. The molecule has 1 heterocycles. The van der Waals surface area contributed by atoms with Crippen molar-refractivity contribution in [3.05, 3.63) is 58.6 Å². The van der Waals surface area contributed by atoms with Crippen LogP contribution in [0.1, 0.15) is 24.2 Å². The largest absolute Gasteiger partial charge is 0.494 e. The Kier molecular flexibility index (Phi) is 5.61. The molecule has 3 rings (SSSR count). The first-order valence-corrected chi connectivity index (χ1v) is 9.41. The van der Waals surface area contributed by atoms with E-state index in [-0.39, 0.29) is 11.8 Å². The molecule has 0 saturated carbocycles. The fourth-order valence-electron chi connectivity index (χ4n) is 3.05. The quantitative estimate of drug-likeness (QED) is 0.762. The van der Waals surface area contributed by atoms with Crippen LogP contribution in [0.4, 0.5) is 5.69 Å². The molecule has 0 aliphatic carbocycles. The standard InChI is InChI=1S/C20H21BrN2O3/c1-3-26-18-10-8-17(9-11-18)23-13-12-22(14(2)19(23)24)20(25)15-4-6-16(21)7-5-15/h4-11,14H,3,12-13H2,1-2H3/t14-/m0/s1. The molecule has 2 amide bonds. The van der Waals surface area contributed by atoms with E-state index in [1.165, 1.54) is 0 Å². The van der Waals surface area contributed by atoms with Gasteiger partial charge in [-0.1, -0.05) is 15.9 Å². The number of rotatable bonds is 4. The lowest BCUT2D eigenvalue weighted by Crippen LogP contribution is -2.57. The predicted octanol–water partition coefficient (Wildman–Crippen LogP) is 3.73. The van der Waals surface area contributed by atoms with Gasteiger partial charge >= 0.3 is 0 Å². The Bertz CT molecular complexity index is 790. The molecule has 2 aromatic carbocycles. The molecule has 26 heavy (non-hydrogen) atoms. The van der Waals surface area contributed by atoms with E-state index >= 15 is 0 Å². The SMILES string of the molecule is CCOc1ccc(N2CCN(C(=O)c3ccc(Br)cc3)[C@@H](C)C2=O)cc1. The van der Waals surface area contributed by atoms with Gasteiger partial charge in [0.2, 0.25) is 5.91 Å². The molecule has 1 aliphatic rings. The minimum absolute atomic E-state index is 0.0779. The highest BCUT2D eigenvalue weighted by atomic mass is 79.9. The average molecular weight is 417 g/mol. The number of hydrogen-bond donors (Lipinski definition) is 0. The number of nitrogens with zero attached hydrogens (tertiary/aromatic N) is 2. The minimum atomic E-state index is -0.508. The van der Waals surface area contributed by atoms with E-state index in [4.69, 9.17) is 4.74 Å². The number of halogens is 1. The fraction of sp³-hybridized carbons (Fsp3) is 0.300. The van der Waals surface area contributed by atoms with Gasteiger partial charge in [-0.25, -0.2) is 0 Å². The monoisotopic (exact) mass is 416 g/mol. The van der Waals surface area contributed by atoms with E-state index in [1.54, 1.807) is 28.9 Å². The van der Waals surface area contributed by atoms with Gasteiger partial charge in [-0.3, -0.25) is 9.59 Å². The second kappa shape index (κ2) is 7.91. The van der Waals surface area contributed by atoms with E-state index in [2.05, 4.69) is 15.9 Å². The number of piperazine rings is 1. The van der Waals surface area contributed by atoms with Crippen LogP contribution in [0.5, 0.6) is 5.75 Å². The Labute approximate surface area is 161 Å². The maximum absolute atomic E-state index is 12.8. The van der Waals surface area contributed by atoms with Crippen molar-refractivity contribution < 1.29 is 14.3 Å². The van der Waals surface area contributed by atoms with Crippen molar-refractivity contribution in [2.45, 2.75) is 19.9 Å². The third kappa shape index (κ3) is 3.75. The number of ether oxygens (including phenoxy) is 1. The second-order valence-electron chi connectivity index (χ2n) is 6.10. The van der Waals surface area contributed by atoms with E-state index in [9.17, 15) is 9.59 Å². The van der Waals surface area contributed by atoms with Crippen LogP contribution in [0, 0.1) is 0 Å². The van der Waals surface area contributed by atoms with Gasteiger partial charge in [0.05, 0.1) is 6.61 Å². The summed E-state index contributed by atoms with van der Waals surface area (Å²) in [4.78, 5) is 28.9. The zero-order valence-corrected chi connectivity index (χ0v) is 16.4. The number of hydrogen-bond acceptors (Lipinski definition) is 3. The number of carbonyl (C=O) groups is 2. The average Bonchev–Trinajstić information content (AvgIpc) is 2.65. The van der Waals surface area contributed by atoms with Gasteiger partial charge in [-0.15, -0.1) is 0 Å². The van der Waals surface area contributed by atoms with Crippen LogP contribution in [0.25, 0.3) is 0 Å². The smallest absolute Gasteiger partial charge is 0.254 e. The number of amides is 2. The molecule has 0 unspecified atom stereocenters. The van der Waals surface area contributed by atoms with E-state index in [0.717, 1.165) is 15.9 Å². The van der Waals surface area contributed by atoms with Gasteiger partial charge < -0.3 is 14.5 Å². The predicted molar refractivity (Wildman–Crippen MR) is 105 cm³/mol. The molecule has 1 atom stereocenters. The lowest BCUT2D eigenvalue weighted by molar-refractivity contribution is -0.124. The summed E-state index contributed by atoms with van der Waals surface area (Å²) in [5, 5.41) is 0. The zero-order chi connectivity index (χ0) is 18.7. The molecule has 0 N–H and O–H groups in total. The van der Waals surface area contributed by atoms with Crippen molar-refractivity contribution in [1.82, 2.24) is 4.90 Å². The first-order chi connectivity index (χ1) is 12.5. The van der Waals surface area contributed by atoms with E-state index in [0.29, 0.717) is 25.3 Å². The van der Waals surface area contributed by atoms with Crippen molar-refractivity contribution in [2.75, 3.05) is 24.6 Å². The summed E-state index contributed by atoms with van der Waals surface area (Å²) < 4.78 is 6.36. The Morgan fingerprint density at radius 2 is 1.77 bits per heavy atom. The second-order valence-corrected chi connectivity index (χ2v) is 7.01. The highest BCUT2D eigenvalue weighted by Gasteiger charge is 2.35. The molecular weight excluding hydrogens is 396 g/mol. The molecule has 0 radical (unpaired) electrons. The molecule has 0 spiro atoms. The topological polar surface area (TPSA) is 49.9 Å². The molecule has 1 saturated heterocycles. The minimum Gasteiger partial charge on any atom is -0.494 e. The Morgan fingerprint density at radius 1 is 1.12 bits per heavy atom. The van der Waals surface area contributed by atoms with Gasteiger partial charge in [0.15, 0.2) is 0 Å². The lowest BCUT2D eigenvalue weighted by Gasteiger charge is -2.39. The summed E-state index contributed by atoms with van der Waals surface area (Å²) in [7, 11) is 0. The van der Waals surface area contributed by atoms with Crippen LogP contribution in [0.3, 0.4) is 0 Å². The highest BCUT2D eigenvalue weighted by molar-refractivity contribution is 9.10. The number of carbonyl (C=O) groups excluding carboxylic acids is 2. The van der Waals surface area contributed by atoms with Crippen molar-refractivity contribution in [3.8, 4) is 5.75 Å². The highest BCUT2D eigenvalue weighted by Crippen LogP contribution is 2.24. The first-order valence-electron chi connectivity index (χ1n) is 8.62. The van der Waals surface area contributed by atoms with E-state index < -0.39 is 6.04 Å². The number of anilines is 1. The molecule has 136 valence electrons. The van der Waals surface area contributed by atoms with Crippen molar-refractivity contribution in [3.63, 3.8) is 0 Å². The normalized spacial score (nSPS) is 17.3. The molecular formula is C20H21BrN2O3. The molecule has 6 heteroatoms. The summed E-state index contributed by atoms with van der Waals surface area (Å²) in [5.41, 5.74) is 1.41. The summed E-state index contributed by atoms with van der Waals surface area (Å²) in [6.45, 7) is 5.28. The lowest BCUT2D eigenvalue weighted by atomic mass is 10.1. The van der Waals surface area contributed by atoms with Crippen LogP contribution in [0.15, 0.2) is 53.0 Å². The van der Waals surface area contributed by atoms with Gasteiger partial charge in [0.1, 0.15) is 11.8 Å². The summed E-state index contributed by atoms with van der Waals surface area (Å²) >= 11 is 3.37. The van der Waals surface area contributed by atoms with Gasteiger partial charge in [-0.2, -0.15) is 0 Å². The molecule has 0 aromatic heterocycles. The molecule has 0 bridgehead atoms. The molecule has 1 fully saturated rings. The Morgan fingerprint density at radius 3 is 2.38 bits per heavy atom. The van der Waals surface area contributed by atoms with Crippen LogP contribution in [0.2, 0.25) is 0 Å². The van der Waals surface area contributed by atoms with Crippen molar-refractivity contribution >= 4 is 33.4 Å². The zero-order valence-electron chi connectivity index (χ0n) is 14.8. The Balaban J connectivity index is 1.73. The summed E-state index contributed by atoms with van der Waals surface area (Å²) in [5.74, 6) is 0.580. The Hall–Kier alpha value is -2.34.